The molecule has 2 N–H and O–H groups in total. The molecule has 0 radical (unpaired) electrons. The predicted octanol–water partition coefficient (Wildman–Crippen LogP) is 1.96. The summed E-state index contributed by atoms with van der Waals surface area (Å²) in [5, 5.41) is 3.93. The van der Waals surface area contributed by atoms with Crippen LogP contribution in [0.25, 0.3) is 0 Å². The van der Waals surface area contributed by atoms with E-state index in [-0.39, 0.29) is 0 Å². The number of rotatable bonds is 5. The molecule has 0 aliphatic carbocycles. The van der Waals surface area contributed by atoms with Crippen molar-refractivity contribution < 1.29 is 9.26 Å². The summed E-state index contributed by atoms with van der Waals surface area (Å²) in [6.45, 7) is 7.52. The van der Waals surface area contributed by atoms with Gasteiger partial charge in [-0.05, 0) is 12.8 Å². The lowest BCUT2D eigenvalue weighted by Gasteiger charge is -2.04. The van der Waals surface area contributed by atoms with Crippen LogP contribution in [0.1, 0.15) is 37.9 Å². The molecule has 4 nitrogen and oxygen atoms in total. The van der Waals surface area contributed by atoms with Gasteiger partial charge in [-0.3, -0.25) is 0 Å². The number of anilines is 1. The van der Waals surface area contributed by atoms with Gasteiger partial charge in [-0.15, -0.1) is 0 Å². The highest BCUT2D eigenvalue weighted by molar-refractivity contribution is 5.41. The van der Waals surface area contributed by atoms with Crippen molar-refractivity contribution in [3.05, 3.63) is 11.3 Å². The van der Waals surface area contributed by atoms with E-state index in [0.29, 0.717) is 18.4 Å². The van der Waals surface area contributed by atoms with Crippen LogP contribution >= 0.6 is 0 Å². The second-order valence-electron chi connectivity index (χ2n) is 3.51. The zero-order valence-corrected chi connectivity index (χ0v) is 9.04. The van der Waals surface area contributed by atoms with Crippen molar-refractivity contribution in [2.24, 2.45) is 0 Å². The van der Waals surface area contributed by atoms with Crippen molar-refractivity contribution in [2.45, 2.75) is 33.1 Å². The molecule has 0 saturated carbocycles. The van der Waals surface area contributed by atoms with Gasteiger partial charge in [-0.2, -0.15) is 0 Å². The molecular formula is C10H18N2O2. The zero-order valence-electron chi connectivity index (χ0n) is 9.04. The minimum Gasteiger partial charge on any atom is -0.381 e. The molecule has 1 aromatic rings. The molecule has 0 fully saturated rings. The minimum absolute atomic E-state index is 0.345. The maximum Gasteiger partial charge on any atom is 0.225 e. The highest BCUT2D eigenvalue weighted by Gasteiger charge is 2.16. The summed E-state index contributed by atoms with van der Waals surface area (Å²) in [7, 11) is 0. The van der Waals surface area contributed by atoms with E-state index in [2.05, 4.69) is 19.0 Å². The van der Waals surface area contributed by atoms with Crippen LogP contribution < -0.4 is 5.73 Å². The first-order valence-corrected chi connectivity index (χ1v) is 4.98. The van der Waals surface area contributed by atoms with Gasteiger partial charge in [0.05, 0.1) is 12.3 Å². The van der Waals surface area contributed by atoms with Gasteiger partial charge in [0.2, 0.25) is 5.88 Å². The van der Waals surface area contributed by atoms with Crippen molar-refractivity contribution in [3.8, 4) is 0 Å². The van der Waals surface area contributed by atoms with Crippen molar-refractivity contribution in [3.63, 3.8) is 0 Å². The van der Waals surface area contributed by atoms with Crippen LogP contribution in [-0.4, -0.2) is 18.4 Å². The van der Waals surface area contributed by atoms with Gasteiger partial charge in [0.25, 0.3) is 0 Å². The number of aromatic nitrogens is 1. The Hall–Kier alpha value is -1.03. The Morgan fingerprint density at radius 1 is 1.50 bits per heavy atom. The van der Waals surface area contributed by atoms with E-state index in [9.17, 15) is 0 Å². The van der Waals surface area contributed by atoms with Gasteiger partial charge in [0, 0.05) is 18.6 Å². The summed E-state index contributed by atoms with van der Waals surface area (Å²) in [6, 6.07) is 0. The van der Waals surface area contributed by atoms with E-state index < -0.39 is 0 Å². The lowest BCUT2D eigenvalue weighted by atomic mass is 10.0. The molecule has 0 aliphatic heterocycles. The summed E-state index contributed by atoms with van der Waals surface area (Å²) in [6.07, 6.45) is 0.766. The molecule has 0 spiro atoms. The summed E-state index contributed by atoms with van der Waals surface area (Å²) >= 11 is 0. The van der Waals surface area contributed by atoms with Gasteiger partial charge in [-0.1, -0.05) is 19.0 Å². The smallest absolute Gasteiger partial charge is 0.225 e. The molecule has 4 heteroatoms. The zero-order chi connectivity index (χ0) is 10.6. The third-order valence-corrected chi connectivity index (χ3v) is 2.10. The molecular weight excluding hydrogens is 180 g/mol. The monoisotopic (exact) mass is 198 g/mol. The normalized spacial score (nSPS) is 11.1. The van der Waals surface area contributed by atoms with Crippen LogP contribution in [0.4, 0.5) is 5.88 Å². The fraction of sp³-hybridized carbons (Fsp3) is 0.700. The van der Waals surface area contributed by atoms with E-state index in [0.717, 1.165) is 24.3 Å². The lowest BCUT2D eigenvalue weighted by molar-refractivity contribution is 0.149. The third kappa shape index (κ3) is 2.48. The molecule has 0 aromatic carbocycles. The number of ether oxygens (including phenoxy) is 1. The molecule has 1 aromatic heterocycles. The number of hydrogen-bond acceptors (Lipinski definition) is 4. The number of nitrogens with two attached hydrogens (primary N) is 1. The Kier molecular flexibility index (Phi) is 3.95. The highest BCUT2D eigenvalue weighted by atomic mass is 16.5. The molecule has 0 unspecified atom stereocenters. The second-order valence-corrected chi connectivity index (χ2v) is 3.51. The predicted molar refractivity (Wildman–Crippen MR) is 55.2 cm³/mol. The number of nitrogens with zero attached hydrogens (tertiary/aromatic N) is 1. The van der Waals surface area contributed by atoms with Gasteiger partial charge >= 0.3 is 0 Å². The van der Waals surface area contributed by atoms with Gasteiger partial charge in [-0.25, -0.2) is 0 Å². The molecule has 1 rings (SSSR count). The largest absolute Gasteiger partial charge is 0.381 e. The average molecular weight is 198 g/mol. The SMILES string of the molecule is CCOCCc1noc(N)c1C(C)C. The summed E-state index contributed by atoms with van der Waals surface area (Å²) in [4.78, 5) is 0. The van der Waals surface area contributed by atoms with E-state index >= 15 is 0 Å². The van der Waals surface area contributed by atoms with E-state index in [1.807, 2.05) is 6.92 Å². The van der Waals surface area contributed by atoms with Crippen molar-refractivity contribution in [2.75, 3.05) is 18.9 Å². The molecule has 0 bridgehead atoms. The molecule has 0 aliphatic rings. The molecule has 0 saturated heterocycles. The Labute approximate surface area is 84.4 Å². The van der Waals surface area contributed by atoms with Gasteiger partial charge in [0.15, 0.2) is 0 Å². The molecule has 14 heavy (non-hydrogen) atoms. The van der Waals surface area contributed by atoms with E-state index in [4.69, 9.17) is 15.0 Å². The van der Waals surface area contributed by atoms with Crippen LogP contribution in [0.5, 0.6) is 0 Å². The molecule has 1 heterocycles. The summed E-state index contributed by atoms with van der Waals surface area (Å²) in [5.41, 5.74) is 7.62. The Balaban J connectivity index is 2.66. The van der Waals surface area contributed by atoms with Crippen molar-refractivity contribution in [1.82, 2.24) is 5.16 Å². The molecule has 0 amide bonds. The first kappa shape index (κ1) is 11.0. The van der Waals surface area contributed by atoms with Gasteiger partial charge < -0.3 is 15.0 Å². The fourth-order valence-corrected chi connectivity index (χ4v) is 1.46. The Bertz CT molecular complexity index is 282. The minimum atomic E-state index is 0.345. The van der Waals surface area contributed by atoms with Crippen LogP contribution in [0.2, 0.25) is 0 Å². The van der Waals surface area contributed by atoms with Crippen molar-refractivity contribution in [1.29, 1.82) is 0 Å². The third-order valence-electron chi connectivity index (χ3n) is 2.10. The Morgan fingerprint density at radius 2 is 2.21 bits per heavy atom. The molecule has 80 valence electrons. The topological polar surface area (TPSA) is 61.3 Å². The van der Waals surface area contributed by atoms with Crippen LogP contribution in [0.15, 0.2) is 4.52 Å². The number of nitrogen functional groups attached to an aromatic ring is 1. The van der Waals surface area contributed by atoms with Crippen LogP contribution in [0, 0.1) is 0 Å². The summed E-state index contributed by atoms with van der Waals surface area (Å²) < 4.78 is 10.2. The Morgan fingerprint density at radius 3 is 2.79 bits per heavy atom. The van der Waals surface area contributed by atoms with Crippen molar-refractivity contribution >= 4 is 5.88 Å². The first-order valence-electron chi connectivity index (χ1n) is 4.98. The van der Waals surface area contributed by atoms with Crippen LogP contribution in [0.3, 0.4) is 0 Å². The van der Waals surface area contributed by atoms with Gasteiger partial charge in [0.1, 0.15) is 0 Å². The maximum atomic E-state index is 5.68. The highest BCUT2D eigenvalue weighted by Crippen LogP contribution is 2.25. The summed E-state index contributed by atoms with van der Waals surface area (Å²) in [5.74, 6) is 0.782. The first-order chi connectivity index (χ1) is 6.66. The fourth-order valence-electron chi connectivity index (χ4n) is 1.46. The van der Waals surface area contributed by atoms with E-state index in [1.54, 1.807) is 0 Å². The second kappa shape index (κ2) is 5.00. The lowest BCUT2D eigenvalue weighted by Crippen LogP contribution is -2.02. The quantitative estimate of drug-likeness (QED) is 0.735. The maximum absolute atomic E-state index is 5.68. The number of hydrogen-bond donors (Lipinski definition) is 1. The average Bonchev–Trinajstić information content (AvgIpc) is 2.47. The van der Waals surface area contributed by atoms with E-state index in [1.165, 1.54) is 0 Å². The standard InChI is InChI=1S/C10H18N2O2/c1-4-13-6-5-8-9(7(2)3)10(11)14-12-8/h7H,4-6,11H2,1-3H3. The van der Waals surface area contributed by atoms with Crippen LogP contribution in [-0.2, 0) is 11.2 Å². The molecule has 0 atom stereocenters.